The third-order valence-corrected chi connectivity index (χ3v) is 7.56. The SMILES string of the molecule is CCCCCc1ccc(-c2cc(F)c(C(F)(F)Oc3ccc(-c4ccc(-c5cc(F)c(C#N)c(F)c5)cc4)c(F)c3)c(F)c2)cc1. The maximum Gasteiger partial charge on any atom is 0.432 e. The van der Waals surface area contributed by atoms with Crippen LogP contribution in [0.4, 0.5) is 30.7 Å². The molecule has 46 heavy (non-hydrogen) atoms. The van der Waals surface area contributed by atoms with E-state index < -0.39 is 52.1 Å². The lowest BCUT2D eigenvalue weighted by molar-refractivity contribution is -0.189. The van der Waals surface area contributed by atoms with E-state index >= 15 is 13.2 Å². The maximum absolute atomic E-state index is 15.1. The van der Waals surface area contributed by atoms with Crippen molar-refractivity contribution >= 4 is 0 Å². The van der Waals surface area contributed by atoms with Gasteiger partial charge in [0.1, 0.15) is 52.0 Å². The topological polar surface area (TPSA) is 33.0 Å². The normalized spacial score (nSPS) is 11.4. The Morgan fingerprint density at radius 2 is 1.13 bits per heavy atom. The van der Waals surface area contributed by atoms with Gasteiger partial charge in [0.2, 0.25) is 0 Å². The minimum Gasteiger partial charge on any atom is -0.429 e. The highest BCUT2D eigenvalue weighted by molar-refractivity contribution is 5.72. The van der Waals surface area contributed by atoms with E-state index in [0.717, 1.165) is 67.6 Å². The molecule has 0 aromatic heterocycles. The van der Waals surface area contributed by atoms with E-state index in [2.05, 4.69) is 11.7 Å². The molecule has 5 rings (SSSR count). The van der Waals surface area contributed by atoms with Crippen molar-refractivity contribution in [3.8, 4) is 45.2 Å². The van der Waals surface area contributed by atoms with Gasteiger partial charge in [-0.3, -0.25) is 0 Å². The molecule has 0 spiro atoms. The Kier molecular flexibility index (Phi) is 9.47. The highest BCUT2D eigenvalue weighted by atomic mass is 19.3. The number of benzene rings is 5. The number of rotatable bonds is 10. The lowest BCUT2D eigenvalue weighted by atomic mass is 9.99. The van der Waals surface area contributed by atoms with Crippen LogP contribution in [0.25, 0.3) is 33.4 Å². The van der Waals surface area contributed by atoms with Crippen molar-refractivity contribution in [2.24, 2.45) is 0 Å². The quantitative estimate of drug-likeness (QED) is 0.113. The van der Waals surface area contributed by atoms with Gasteiger partial charge in [-0.1, -0.05) is 68.3 Å². The smallest absolute Gasteiger partial charge is 0.429 e. The molecule has 0 radical (unpaired) electrons. The average Bonchev–Trinajstić information content (AvgIpc) is 3.01. The van der Waals surface area contributed by atoms with E-state index in [4.69, 9.17) is 5.26 Å². The summed E-state index contributed by atoms with van der Waals surface area (Å²) in [7, 11) is 0. The number of halogens is 7. The predicted octanol–water partition coefficient (Wildman–Crippen LogP) is 11.1. The Bertz CT molecular complexity index is 1870. The van der Waals surface area contributed by atoms with Gasteiger partial charge in [0, 0.05) is 11.6 Å². The summed E-state index contributed by atoms with van der Waals surface area (Å²) >= 11 is 0. The number of unbranched alkanes of at least 4 members (excludes halogenated alkanes) is 2. The summed E-state index contributed by atoms with van der Waals surface area (Å²) in [6.07, 6.45) is -0.452. The van der Waals surface area contributed by atoms with E-state index in [-0.39, 0.29) is 16.7 Å². The zero-order valence-corrected chi connectivity index (χ0v) is 24.5. The van der Waals surface area contributed by atoms with Crippen LogP contribution in [0.1, 0.15) is 42.9 Å². The van der Waals surface area contributed by atoms with Crippen molar-refractivity contribution in [1.82, 2.24) is 0 Å². The number of nitrogens with zero attached hydrogens (tertiary/aromatic N) is 1. The third kappa shape index (κ3) is 6.91. The fourth-order valence-corrected chi connectivity index (χ4v) is 5.14. The molecule has 0 N–H and O–H groups in total. The van der Waals surface area contributed by atoms with Gasteiger partial charge in [0.25, 0.3) is 0 Å². The largest absolute Gasteiger partial charge is 0.432 e. The number of hydrogen-bond donors (Lipinski definition) is 0. The molecule has 0 saturated carbocycles. The van der Waals surface area contributed by atoms with Gasteiger partial charge in [-0.15, -0.1) is 0 Å². The van der Waals surface area contributed by atoms with Crippen LogP contribution in [0.5, 0.6) is 5.75 Å². The molecule has 0 aliphatic heterocycles. The Morgan fingerprint density at radius 3 is 1.65 bits per heavy atom. The lowest BCUT2D eigenvalue weighted by Gasteiger charge is -2.20. The molecule has 5 aromatic carbocycles. The monoisotopic (exact) mass is 633 g/mol. The first kappa shape index (κ1) is 32.3. The summed E-state index contributed by atoms with van der Waals surface area (Å²) in [6.45, 7) is 2.10. The van der Waals surface area contributed by atoms with Crippen LogP contribution >= 0.6 is 0 Å². The zero-order chi connectivity index (χ0) is 33.0. The van der Waals surface area contributed by atoms with Crippen molar-refractivity contribution < 1.29 is 35.5 Å². The van der Waals surface area contributed by atoms with Crippen LogP contribution < -0.4 is 4.74 Å². The molecule has 9 heteroatoms. The second-order valence-corrected chi connectivity index (χ2v) is 10.7. The highest BCUT2D eigenvalue weighted by Gasteiger charge is 2.41. The number of hydrogen-bond acceptors (Lipinski definition) is 2. The number of nitriles is 1. The molecule has 0 atom stereocenters. The molecule has 5 aromatic rings. The van der Waals surface area contributed by atoms with Crippen molar-refractivity contribution in [3.63, 3.8) is 0 Å². The molecular formula is C37H26F7NO. The predicted molar refractivity (Wildman–Crippen MR) is 161 cm³/mol. The van der Waals surface area contributed by atoms with Gasteiger partial charge in [-0.05, 0) is 82.6 Å². The fourth-order valence-electron chi connectivity index (χ4n) is 5.14. The van der Waals surface area contributed by atoms with E-state index in [0.29, 0.717) is 22.8 Å². The van der Waals surface area contributed by atoms with Crippen LogP contribution in [0.3, 0.4) is 0 Å². The molecule has 0 saturated heterocycles. The number of ether oxygens (including phenoxy) is 1. The van der Waals surface area contributed by atoms with Gasteiger partial charge in [0.05, 0.1) is 0 Å². The summed E-state index contributed by atoms with van der Waals surface area (Å²) in [6, 6.07) is 20.7. The number of aryl methyl sites for hydroxylation is 1. The molecule has 2 nitrogen and oxygen atoms in total. The summed E-state index contributed by atoms with van der Waals surface area (Å²) in [5, 5.41) is 8.84. The third-order valence-electron chi connectivity index (χ3n) is 7.56. The van der Waals surface area contributed by atoms with Crippen molar-refractivity contribution in [2.75, 3.05) is 0 Å². The van der Waals surface area contributed by atoms with E-state index in [1.54, 1.807) is 12.1 Å². The molecular weight excluding hydrogens is 607 g/mol. The average molecular weight is 634 g/mol. The summed E-state index contributed by atoms with van der Waals surface area (Å²) in [5.74, 6) is -6.74. The minimum atomic E-state index is -4.48. The lowest BCUT2D eigenvalue weighted by Crippen LogP contribution is -2.25. The molecule has 0 fully saturated rings. The standard InChI is InChI=1S/C37H26F7NO/c1-2-3-4-5-22-6-8-23(9-7-22)27-18-34(41)36(35(42)19-27)37(43,44)46-28-14-15-29(33(40)20-28)25-12-10-24(11-13-25)26-16-31(38)30(21-45)32(39)17-26/h6-20H,2-5H2,1H3. The van der Waals surface area contributed by atoms with Gasteiger partial charge < -0.3 is 4.74 Å². The van der Waals surface area contributed by atoms with Crippen molar-refractivity contribution in [1.29, 1.82) is 5.26 Å². The highest BCUT2D eigenvalue weighted by Crippen LogP contribution is 2.38. The Balaban J connectivity index is 1.33. The van der Waals surface area contributed by atoms with Crippen LogP contribution in [0.15, 0.2) is 91.0 Å². The summed E-state index contributed by atoms with van der Waals surface area (Å²) in [5.41, 5.74) is 0.0745. The summed E-state index contributed by atoms with van der Waals surface area (Å²) < 4.78 is 108. The van der Waals surface area contributed by atoms with Gasteiger partial charge >= 0.3 is 6.11 Å². The maximum atomic E-state index is 15.1. The van der Waals surface area contributed by atoms with E-state index in [9.17, 15) is 17.6 Å². The Morgan fingerprint density at radius 1 is 0.609 bits per heavy atom. The van der Waals surface area contributed by atoms with E-state index in [1.165, 1.54) is 30.3 Å². The molecule has 0 amide bonds. The first-order valence-electron chi connectivity index (χ1n) is 14.5. The fraction of sp³-hybridized carbons (Fsp3) is 0.162. The second kappa shape index (κ2) is 13.5. The van der Waals surface area contributed by atoms with E-state index in [1.807, 2.05) is 12.1 Å². The number of alkyl halides is 2. The second-order valence-electron chi connectivity index (χ2n) is 10.7. The Labute approximate surface area is 261 Å². The van der Waals surface area contributed by atoms with Crippen molar-refractivity contribution in [2.45, 2.75) is 38.7 Å². The molecule has 0 aliphatic rings. The molecule has 234 valence electrons. The first-order valence-corrected chi connectivity index (χ1v) is 14.5. The van der Waals surface area contributed by atoms with Crippen LogP contribution in [-0.2, 0) is 12.5 Å². The minimum absolute atomic E-state index is 0.0162. The van der Waals surface area contributed by atoms with Gasteiger partial charge in [-0.25, -0.2) is 22.0 Å². The van der Waals surface area contributed by atoms with Crippen molar-refractivity contribution in [3.05, 3.63) is 137 Å². The van der Waals surface area contributed by atoms with Gasteiger partial charge in [-0.2, -0.15) is 14.0 Å². The first-order chi connectivity index (χ1) is 22.0. The molecule has 0 bridgehead atoms. The van der Waals surface area contributed by atoms with Crippen LogP contribution in [0.2, 0.25) is 0 Å². The zero-order valence-electron chi connectivity index (χ0n) is 24.5. The van der Waals surface area contributed by atoms with Crippen LogP contribution in [0, 0.1) is 40.4 Å². The van der Waals surface area contributed by atoms with Crippen LogP contribution in [-0.4, -0.2) is 0 Å². The molecule has 0 heterocycles. The molecule has 0 unspecified atom stereocenters. The Hall–Kier alpha value is -5.10. The summed E-state index contributed by atoms with van der Waals surface area (Å²) in [4.78, 5) is 0. The van der Waals surface area contributed by atoms with Gasteiger partial charge in [0.15, 0.2) is 0 Å². The molecule has 0 aliphatic carbocycles.